The third-order valence-electron chi connectivity index (χ3n) is 6.55. The van der Waals surface area contributed by atoms with E-state index < -0.39 is 5.41 Å². The molecule has 0 aromatic heterocycles. The molecule has 1 saturated carbocycles. The molecule has 3 aromatic rings. The maximum atomic E-state index is 13.4. The van der Waals surface area contributed by atoms with Gasteiger partial charge in [-0.1, -0.05) is 49.4 Å². The summed E-state index contributed by atoms with van der Waals surface area (Å²) in [5.74, 6) is 1.73. The van der Waals surface area contributed by atoms with E-state index in [1.807, 2.05) is 36.4 Å². The largest absolute Gasteiger partial charge is 0.454 e. The van der Waals surface area contributed by atoms with Gasteiger partial charge in [-0.05, 0) is 70.8 Å². The molecule has 3 aromatic carbocycles. The number of Topliss-reactive ketones (excluding diaryl/α,β-unsaturated/α-hetero) is 1. The number of carbonyl (C=O) groups is 1. The van der Waals surface area contributed by atoms with Crippen molar-refractivity contribution in [1.82, 2.24) is 0 Å². The number of fused-ring (bicyclic) bond motifs is 1. The molecule has 0 unspecified atom stereocenters. The molecule has 0 spiro atoms. The molecule has 1 aliphatic heterocycles. The lowest BCUT2D eigenvalue weighted by atomic mass is 9.86. The Bertz CT molecular complexity index is 1140. The van der Waals surface area contributed by atoms with Crippen LogP contribution in [0.1, 0.15) is 42.0 Å². The number of aliphatic hydroxyl groups is 1. The van der Waals surface area contributed by atoms with Crippen LogP contribution in [0, 0.1) is 0 Å². The Morgan fingerprint density at radius 1 is 0.968 bits per heavy atom. The van der Waals surface area contributed by atoms with Crippen molar-refractivity contribution < 1.29 is 19.4 Å². The number of rotatable bonds is 7. The molecule has 5 rings (SSSR count). The lowest BCUT2D eigenvalue weighted by Crippen LogP contribution is -2.22. The SMILES string of the molecule is CCc1ccc(CC(=O)C2(c3ccc4c(c3)OCO4)CC2)cc1-c1cccc(CO)c1. The second-order valence-corrected chi connectivity index (χ2v) is 8.45. The zero-order valence-electron chi connectivity index (χ0n) is 17.7. The van der Waals surface area contributed by atoms with Crippen LogP contribution in [0.2, 0.25) is 0 Å². The highest BCUT2D eigenvalue weighted by atomic mass is 16.7. The Labute approximate surface area is 182 Å². The van der Waals surface area contributed by atoms with Crippen molar-refractivity contribution in [3.05, 3.63) is 82.9 Å². The quantitative estimate of drug-likeness (QED) is 0.592. The molecule has 31 heavy (non-hydrogen) atoms. The van der Waals surface area contributed by atoms with Crippen LogP contribution in [0.15, 0.2) is 60.7 Å². The fourth-order valence-electron chi connectivity index (χ4n) is 4.55. The summed E-state index contributed by atoms with van der Waals surface area (Å²) in [5.41, 5.74) is 6.00. The summed E-state index contributed by atoms with van der Waals surface area (Å²) in [7, 11) is 0. The number of aliphatic hydroxyl groups excluding tert-OH is 1. The molecule has 1 aliphatic carbocycles. The Morgan fingerprint density at radius 2 is 1.81 bits per heavy atom. The van der Waals surface area contributed by atoms with Gasteiger partial charge in [0.25, 0.3) is 0 Å². The molecule has 1 fully saturated rings. The van der Waals surface area contributed by atoms with Crippen LogP contribution in [0.3, 0.4) is 0 Å². The van der Waals surface area contributed by atoms with Gasteiger partial charge in [-0.3, -0.25) is 4.79 Å². The molecule has 158 valence electrons. The summed E-state index contributed by atoms with van der Waals surface area (Å²) >= 11 is 0. The molecule has 0 radical (unpaired) electrons. The van der Waals surface area contributed by atoms with Crippen LogP contribution >= 0.6 is 0 Å². The molecule has 1 heterocycles. The third kappa shape index (κ3) is 3.61. The van der Waals surface area contributed by atoms with Crippen molar-refractivity contribution in [2.45, 2.75) is 44.6 Å². The monoisotopic (exact) mass is 414 g/mol. The second kappa shape index (κ2) is 7.86. The van der Waals surface area contributed by atoms with Gasteiger partial charge in [0.05, 0.1) is 12.0 Å². The topological polar surface area (TPSA) is 55.8 Å². The fraction of sp³-hybridized carbons (Fsp3) is 0.296. The third-order valence-corrected chi connectivity index (χ3v) is 6.55. The average molecular weight is 415 g/mol. The van der Waals surface area contributed by atoms with Gasteiger partial charge in [0, 0.05) is 6.42 Å². The van der Waals surface area contributed by atoms with Gasteiger partial charge in [0.2, 0.25) is 6.79 Å². The lowest BCUT2D eigenvalue weighted by molar-refractivity contribution is -0.120. The zero-order chi connectivity index (χ0) is 21.4. The minimum absolute atomic E-state index is 0.0194. The molecule has 4 heteroatoms. The van der Waals surface area contributed by atoms with E-state index in [2.05, 4.69) is 31.2 Å². The summed E-state index contributed by atoms with van der Waals surface area (Å²) < 4.78 is 10.9. The first kappa shape index (κ1) is 19.8. The van der Waals surface area contributed by atoms with E-state index in [-0.39, 0.29) is 19.2 Å². The molecule has 4 nitrogen and oxygen atoms in total. The van der Waals surface area contributed by atoms with Gasteiger partial charge in [0.15, 0.2) is 11.5 Å². The lowest BCUT2D eigenvalue weighted by Gasteiger charge is -2.17. The van der Waals surface area contributed by atoms with Crippen molar-refractivity contribution >= 4 is 5.78 Å². The van der Waals surface area contributed by atoms with Crippen LogP contribution < -0.4 is 9.47 Å². The van der Waals surface area contributed by atoms with E-state index in [9.17, 15) is 9.90 Å². The molecule has 0 saturated heterocycles. The minimum atomic E-state index is -0.401. The van der Waals surface area contributed by atoms with E-state index in [4.69, 9.17) is 9.47 Å². The summed E-state index contributed by atoms with van der Waals surface area (Å²) in [6.45, 7) is 2.40. The average Bonchev–Trinajstić information content (AvgIpc) is 3.50. The molecule has 0 amide bonds. The van der Waals surface area contributed by atoms with Crippen molar-refractivity contribution in [2.24, 2.45) is 0 Å². The highest BCUT2D eigenvalue weighted by Gasteiger charge is 2.50. The smallest absolute Gasteiger partial charge is 0.231 e. The van der Waals surface area contributed by atoms with Crippen molar-refractivity contribution in [1.29, 1.82) is 0 Å². The Morgan fingerprint density at radius 3 is 2.58 bits per heavy atom. The standard InChI is InChI=1S/C27H26O4/c1-2-20-7-6-18(13-23(20)21-5-3-4-19(12-21)16-28)14-26(29)27(10-11-27)22-8-9-24-25(15-22)31-17-30-24/h3-9,12-13,15,28H,2,10-11,14,16-17H2,1H3. The number of ether oxygens (including phenoxy) is 2. The van der Waals surface area contributed by atoms with E-state index in [1.54, 1.807) is 0 Å². The molecular weight excluding hydrogens is 388 g/mol. The highest BCUT2D eigenvalue weighted by Crippen LogP contribution is 2.51. The zero-order valence-corrected chi connectivity index (χ0v) is 17.7. The van der Waals surface area contributed by atoms with Crippen LogP contribution in [-0.2, 0) is 29.7 Å². The first-order valence-electron chi connectivity index (χ1n) is 10.9. The van der Waals surface area contributed by atoms with Gasteiger partial charge in [-0.15, -0.1) is 0 Å². The number of hydrogen-bond acceptors (Lipinski definition) is 4. The molecule has 0 atom stereocenters. The Balaban J connectivity index is 1.43. The summed E-state index contributed by atoms with van der Waals surface area (Å²) in [6, 6.07) is 20.2. The summed E-state index contributed by atoms with van der Waals surface area (Å²) in [6.07, 6.45) is 3.08. The van der Waals surface area contributed by atoms with Crippen LogP contribution in [-0.4, -0.2) is 17.7 Å². The predicted octanol–water partition coefficient (Wildman–Crippen LogP) is 4.98. The second-order valence-electron chi connectivity index (χ2n) is 8.45. The number of ketones is 1. The normalized spacial score (nSPS) is 15.7. The number of carbonyl (C=O) groups excluding carboxylic acids is 1. The molecule has 1 N–H and O–H groups in total. The predicted molar refractivity (Wildman–Crippen MR) is 119 cm³/mol. The number of aryl methyl sites for hydroxylation is 1. The fourth-order valence-corrected chi connectivity index (χ4v) is 4.55. The van der Waals surface area contributed by atoms with E-state index in [0.717, 1.165) is 58.6 Å². The summed E-state index contributed by atoms with van der Waals surface area (Å²) in [5, 5.41) is 9.51. The first-order chi connectivity index (χ1) is 15.1. The van der Waals surface area contributed by atoms with Crippen LogP contribution in [0.25, 0.3) is 11.1 Å². The van der Waals surface area contributed by atoms with Gasteiger partial charge in [-0.2, -0.15) is 0 Å². The Kier molecular flexibility index (Phi) is 5.03. The number of benzene rings is 3. The maximum Gasteiger partial charge on any atom is 0.231 e. The first-order valence-corrected chi connectivity index (χ1v) is 10.9. The van der Waals surface area contributed by atoms with Crippen LogP contribution in [0.4, 0.5) is 0 Å². The Hall–Kier alpha value is -3.11. The maximum absolute atomic E-state index is 13.4. The molecule has 0 bridgehead atoms. The van der Waals surface area contributed by atoms with Crippen molar-refractivity contribution in [2.75, 3.05) is 6.79 Å². The molecule has 2 aliphatic rings. The van der Waals surface area contributed by atoms with E-state index in [1.165, 1.54) is 5.56 Å². The molecular formula is C27H26O4. The van der Waals surface area contributed by atoms with Crippen LogP contribution in [0.5, 0.6) is 11.5 Å². The van der Waals surface area contributed by atoms with Gasteiger partial charge in [-0.25, -0.2) is 0 Å². The van der Waals surface area contributed by atoms with Crippen molar-refractivity contribution in [3.8, 4) is 22.6 Å². The summed E-state index contributed by atoms with van der Waals surface area (Å²) in [4.78, 5) is 13.4. The van der Waals surface area contributed by atoms with Gasteiger partial charge in [0.1, 0.15) is 5.78 Å². The van der Waals surface area contributed by atoms with Crippen molar-refractivity contribution in [3.63, 3.8) is 0 Å². The van der Waals surface area contributed by atoms with E-state index in [0.29, 0.717) is 6.42 Å². The van der Waals surface area contributed by atoms with E-state index >= 15 is 0 Å². The van der Waals surface area contributed by atoms with Gasteiger partial charge >= 0.3 is 0 Å². The van der Waals surface area contributed by atoms with Gasteiger partial charge < -0.3 is 14.6 Å². The number of hydrogen-bond donors (Lipinski definition) is 1. The highest BCUT2D eigenvalue weighted by molar-refractivity contribution is 5.95. The minimum Gasteiger partial charge on any atom is -0.454 e.